The second kappa shape index (κ2) is 10.1. The molecular weight excluding hydrogens is 399 g/mol. The van der Waals surface area contributed by atoms with Crippen LogP contribution in [0.5, 0.6) is 0 Å². The van der Waals surface area contributed by atoms with Crippen molar-refractivity contribution >= 4 is 17.7 Å². The van der Waals surface area contributed by atoms with Gasteiger partial charge in [0.15, 0.2) is 0 Å². The highest BCUT2D eigenvalue weighted by molar-refractivity contribution is 5.94. The summed E-state index contributed by atoms with van der Waals surface area (Å²) in [5.41, 5.74) is 1.63. The molecule has 2 aromatic rings. The van der Waals surface area contributed by atoms with E-state index in [2.05, 4.69) is 15.6 Å². The van der Waals surface area contributed by atoms with E-state index in [1.54, 1.807) is 38.4 Å². The lowest BCUT2D eigenvalue weighted by atomic mass is 9.85. The average Bonchev–Trinajstić information content (AvgIpc) is 2.77. The van der Waals surface area contributed by atoms with Crippen LogP contribution in [-0.2, 0) is 9.59 Å². The Kier molecular flexibility index (Phi) is 7.33. The first-order valence-electron chi connectivity index (χ1n) is 10.3. The van der Waals surface area contributed by atoms with Crippen LogP contribution in [0.2, 0.25) is 0 Å². The summed E-state index contributed by atoms with van der Waals surface area (Å²) < 4.78 is 13.4. The van der Waals surface area contributed by atoms with Crippen LogP contribution in [0.1, 0.15) is 36.0 Å². The number of amides is 3. The molecule has 1 heterocycles. The highest BCUT2D eigenvalue weighted by Crippen LogP contribution is 2.25. The largest absolute Gasteiger partial charge is 0.349 e. The summed E-state index contributed by atoms with van der Waals surface area (Å²) in [5.74, 6) is -1.16. The molecule has 2 N–H and O–H groups in total. The van der Waals surface area contributed by atoms with Crippen LogP contribution < -0.4 is 10.6 Å². The van der Waals surface area contributed by atoms with E-state index in [-0.39, 0.29) is 42.0 Å². The Bertz CT molecular complexity index is 946. The minimum Gasteiger partial charge on any atom is -0.349 e. The van der Waals surface area contributed by atoms with Gasteiger partial charge in [-0.1, -0.05) is 18.6 Å². The number of carbonyl (C=O) groups is 3. The molecule has 1 aliphatic rings. The van der Waals surface area contributed by atoms with Crippen molar-refractivity contribution in [1.82, 2.24) is 20.5 Å². The van der Waals surface area contributed by atoms with Gasteiger partial charge in [-0.15, -0.1) is 0 Å². The number of hydrogen-bond donors (Lipinski definition) is 2. The van der Waals surface area contributed by atoms with Crippen molar-refractivity contribution in [2.75, 3.05) is 20.6 Å². The fourth-order valence-electron chi connectivity index (χ4n) is 3.64. The summed E-state index contributed by atoms with van der Waals surface area (Å²) in [6.45, 7) is -0.0251. The highest BCUT2D eigenvalue weighted by Gasteiger charge is 2.28. The first-order chi connectivity index (χ1) is 14.8. The molecule has 164 valence electrons. The lowest BCUT2D eigenvalue weighted by Crippen LogP contribution is -2.44. The summed E-state index contributed by atoms with van der Waals surface area (Å²) in [6.07, 6.45) is 4.35. The third kappa shape index (κ3) is 6.10. The Morgan fingerprint density at radius 1 is 1.16 bits per heavy atom. The minimum atomic E-state index is -0.344. The normalized spacial score (nSPS) is 18.2. The Labute approximate surface area is 181 Å². The zero-order chi connectivity index (χ0) is 22.4. The summed E-state index contributed by atoms with van der Waals surface area (Å²) in [7, 11) is 3.28. The molecule has 3 rings (SSSR count). The Balaban J connectivity index is 1.55. The van der Waals surface area contributed by atoms with Crippen molar-refractivity contribution in [3.05, 3.63) is 54.0 Å². The maximum absolute atomic E-state index is 13.4. The molecule has 0 bridgehead atoms. The molecule has 8 heteroatoms. The van der Waals surface area contributed by atoms with Crippen LogP contribution in [0.25, 0.3) is 11.3 Å². The molecule has 2 atom stereocenters. The van der Waals surface area contributed by atoms with Gasteiger partial charge in [-0.05, 0) is 43.5 Å². The van der Waals surface area contributed by atoms with Crippen LogP contribution in [0.15, 0.2) is 42.6 Å². The van der Waals surface area contributed by atoms with E-state index in [9.17, 15) is 18.8 Å². The first-order valence-corrected chi connectivity index (χ1v) is 10.3. The first kappa shape index (κ1) is 22.4. The number of carbonyl (C=O) groups excluding carboxylic acids is 3. The predicted molar refractivity (Wildman–Crippen MR) is 115 cm³/mol. The molecule has 2 unspecified atom stereocenters. The number of pyridine rings is 1. The molecule has 0 spiro atoms. The average molecular weight is 426 g/mol. The number of benzene rings is 1. The molecule has 1 fully saturated rings. The van der Waals surface area contributed by atoms with E-state index in [0.29, 0.717) is 23.2 Å². The lowest BCUT2D eigenvalue weighted by molar-refractivity contribution is -0.132. The highest BCUT2D eigenvalue weighted by atomic mass is 19.1. The number of aromatic nitrogens is 1. The van der Waals surface area contributed by atoms with E-state index in [0.717, 1.165) is 19.3 Å². The standard InChI is InChI=1S/C23H27FN4O3/c1-28(2)21(29)14-26-22(30)16-6-4-8-19(12-16)27-23(31)17-9-10-20(25-13-17)15-5-3-7-18(24)11-15/h3,5,7,9-11,13,16,19H,4,6,8,12,14H2,1-2H3,(H,26,30)(H,27,31). The smallest absolute Gasteiger partial charge is 0.253 e. The molecule has 0 radical (unpaired) electrons. The molecule has 3 amide bonds. The van der Waals surface area contributed by atoms with E-state index < -0.39 is 0 Å². The number of nitrogens with one attached hydrogen (secondary N) is 2. The quantitative estimate of drug-likeness (QED) is 0.742. The van der Waals surface area contributed by atoms with Gasteiger partial charge in [0.2, 0.25) is 11.8 Å². The van der Waals surface area contributed by atoms with Crippen molar-refractivity contribution in [2.24, 2.45) is 5.92 Å². The van der Waals surface area contributed by atoms with E-state index >= 15 is 0 Å². The van der Waals surface area contributed by atoms with Crippen molar-refractivity contribution in [3.8, 4) is 11.3 Å². The molecule has 1 saturated carbocycles. The summed E-state index contributed by atoms with van der Waals surface area (Å²) in [4.78, 5) is 42.4. The molecule has 0 aliphatic heterocycles. The number of halogens is 1. The molecule has 7 nitrogen and oxygen atoms in total. The maximum atomic E-state index is 13.4. The number of likely N-dealkylation sites (N-methyl/N-ethyl adjacent to an activating group) is 1. The number of rotatable bonds is 6. The van der Waals surface area contributed by atoms with E-state index in [1.165, 1.54) is 23.2 Å². The Hall–Kier alpha value is -3.29. The molecule has 1 aliphatic carbocycles. The van der Waals surface area contributed by atoms with E-state index in [1.807, 2.05) is 0 Å². The lowest BCUT2D eigenvalue weighted by Gasteiger charge is -2.29. The fourth-order valence-corrected chi connectivity index (χ4v) is 3.64. The van der Waals surface area contributed by atoms with Crippen molar-refractivity contribution in [2.45, 2.75) is 31.7 Å². The van der Waals surface area contributed by atoms with Gasteiger partial charge in [0.1, 0.15) is 5.82 Å². The van der Waals surface area contributed by atoms with Crippen LogP contribution in [-0.4, -0.2) is 54.3 Å². The van der Waals surface area contributed by atoms with Gasteiger partial charge >= 0.3 is 0 Å². The second-order valence-corrected chi connectivity index (χ2v) is 7.98. The topological polar surface area (TPSA) is 91.4 Å². The SMILES string of the molecule is CN(C)C(=O)CNC(=O)C1CCCC(NC(=O)c2ccc(-c3cccc(F)c3)nc2)C1. The number of nitrogens with zero attached hydrogens (tertiary/aromatic N) is 2. The van der Waals surface area contributed by atoms with Gasteiger partial charge in [0, 0.05) is 37.8 Å². The molecular formula is C23H27FN4O3. The van der Waals surface area contributed by atoms with Crippen molar-refractivity contribution < 1.29 is 18.8 Å². The van der Waals surface area contributed by atoms with Crippen LogP contribution >= 0.6 is 0 Å². The monoisotopic (exact) mass is 426 g/mol. The summed E-state index contributed by atoms with van der Waals surface area (Å²) in [5, 5.41) is 5.66. The summed E-state index contributed by atoms with van der Waals surface area (Å²) in [6, 6.07) is 9.34. The fraction of sp³-hybridized carbons (Fsp3) is 0.391. The van der Waals surface area contributed by atoms with Gasteiger partial charge < -0.3 is 15.5 Å². The Morgan fingerprint density at radius 3 is 2.65 bits per heavy atom. The molecule has 31 heavy (non-hydrogen) atoms. The third-order valence-electron chi connectivity index (χ3n) is 5.44. The van der Waals surface area contributed by atoms with Gasteiger partial charge in [-0.25, -0.2) is 4.39 Å². The molecule has 1 aromatic heterocycles. The molecule has 1 aromatic carbocycles. The zero-order valence-electron chi connectivity index (χ0n) is 17.7. The van der Waals surface area contributed by atoms with Crippen molar-refractivity contribution in [3.63, 3.8) is 0 Å². The second-order valence-electron chi connectivity index (χ2n) is 7.98. The third-order valence-corrected chi connectivity index (χ3v) is 5.44. The van der Waals surface area contributed by atoms with Crippen LogP contribution in [0, 0.1) is 11.7 Å². The van der Waals surface area contributed by atoms with Gasteiger partial charge in [-0.3, -0.25) is 19.4 Å². The maximum Gasteiger partial charge on any atom is 0.253 e. The van der Waals surface area contributed by atoms with Gasteiger partial charge in [0.25, 0.3) is 5.91 Å². The molecule has 0 saturated heterocycles. The summed E-state index contributed by atoms with van der Waals surface area (Å²) >= 11 is 0. The predicted octanol–water partition coefficient (Wildman–Crippen LogP) is 2.38. The van der Waals surface area contributed by atoms with Crippen LogP contribution in [0.3, 0.4) is 0 Å². The minimum absolute atomic E-state index is 0.0251. The zero-order valence-corrected chi connectivity index (χ0v) is 17.7. The van der Waals surface area contributed by atoms with Gasteiger partial charge in [0.05, 0.1) is 17.8 Å². The van der Waals surface area contributed by atoms with Crippen LogP contribution in [0.4, 0.5) is 4.39 Å². The number of hydrogen-bond acceptors (Lipinski definition) is 4. The van der Waals surface area contributed by atoms with E-state index in [4.69, 9.17) is 0 Å². The Morgan fingerprint density at radius 2 is 1.97 bits per heavy atom. The van der Waals surface area contributed by atoms with Crippen molar-refractivity contribution in [1.29, 1.82) is 0 Å². The van der Waals surface area contributed by atoms with Gasteiger partial charge in [-0.2, -0.15) is 0 Å².